The van der Waals surface area contributed by atoms with E-state index >= 15 is 0 Å². The molecule has 1 fully saturated rings. The lowest BCUT2D eigenvalue weighted by Gasteiger charge is -2.15. The van der Waals surface area contributed by atoms with Gasteiger partial charge in [0.1, 0.15) is 0 Å². The van der Waals surface area contributed by atoms with Gasteiger partial charge >= 0.3 is 0 Å². The molecule has 2 rings (SSSR count). The SMILES string of the molecule is Nc1cc(Cl)c(Cl)cc1NC1CCOC1. The Hall–Kier alpha value is -0.640. The molecule has 3 nitrogen and oxygen atoms in total. The molecule has 1 aromatic rings. The third-order valence-electron chi connectivity index (χ3n) is 2.38. The highest BCUT2D eigenvalue weighted by Crippen LogP contribution is 2.31. The largest absolute Gasteiger partial charge is 0.397 e. The first-order valence-electron chi connectivity index (χ1n) is 4.75. The van der Waals surface area contributed by atoms with Crippen LogP contribution in [0.15, 0.2) is 12.1 Å². The third kappa shape index (κ3) is 2.48. The lowest BCUT2D eigenvalue weighted by atomic mass is 10.2. The van der Waals surface area contributed by atoms with E-state index in [0.717, 1.165) is 18.7 Å². The fourth-order valence-corrected chi connectivity index (χ4v) is 1.89. The molecule has 1 aliphatic rings. The first-order chi connectivity index (χ1) is 7.16. The van der Waals surface area contributed by atoms with E-state index in [0.29, 0.717) is 28.4 Å². The molecule has 0 bridgehead atoms. The summed E-state index contributed by atoms with van der Waals surface area (Å²) in [6.45, 7) is 1.50. The zero-order chi connectivity index (χ0) is 10.8. The van der Waals surface area contributed by atoms with Crippen LogP contribution in [0.4, 0.5) is 11.4 Å². The number of halogens is 2. The number of rotatable bonds is 2. The highest BCUT2D eigenvalue weighted by atomic mass is 35.5. The predicted molar refractivity (Wildman–Crippen MR) is 63.7 cm³/mol. The Bertz CT molecular complexity index is 365. The van der Waals surface area contributed by atoms with E-state index in [4.69, 9.17) is 33.7 Å². The van der Waals surface area contributed by atoms with Crippen molar-refractivity contribution in [1.82, 2.24) is 0 Å². The van der Waals surface area contributed by atoms with Gasteiger partial charge in [-0.1, -0.05) is 23.2 Å². The van der Waals surface area contributed by atoms with Crippen LogP contribution in [0.5, 0.6) is 0 Å². The highest BCUT2D eigenvalue weighted by molar-refractivity contribution is 6.42. The van der Waals surface area contributed by atoms with Crippen molar-refractivity contribution < 1.29 is 4.74 Å². The Kier molecular flexibility index (Phi) is 3.24. The number of ether oxygens (including phenoxy) is 1. The van der Waals surface area contributed by atoms with Crippen LogP contribution in [-0.4, -0.2) is 19.3 Å². The second kappa shape index (κ2) is 4.47. The minimum absolute atomic E-state index is 0.310. The number of anilines is 2. The molecule has 0 spiro atoms. The fourth-order valence-electron chi connectivity index (χ4n) is 1.56. The van der Waals surface area contributed by atoms with Crippen molar-refractivity contribution in [3.8, 4) is 0 Å². The van der Waals surface area contributed by atoms with Gasteiger partial charge in [-0.2, -0.15) is 0 Å². The molecule has 82 valence electrons. The molecule has 0 radical (unpaired) electrons. The van der Waals surface area contributed by atoms with Gasteiger partial charge in [-0.25, -0.2) is 0 Å². The predicted octanol–water partition coefficient (Wildman–Crippen LogP) is 2.78. The smallest absolute Gasteiger partial charge is 0.0668 e. The van der Waals surface area contributed by atoms with Gasteiger partial charge in [-0.05, 0) is 18.6 Å². The Morgan fingerprint density at radius 2 is 2.07 bits per heavy atom. The monoisotopic (exact) mass is 246 g/mol. The van der Waals surface area contributed by atoms with Crippen molar-refractivity contribution in [3.05, 3.63) is 22.2 Å². The van der Waals surface area contributed by atoms with Crippen LogP contribution < -0.4 is 11.1 Å². The van der Waals surface area contributed by atoms with Gasteiger partial charge in [-0.15, -0.1) is 0 Å². The van der Waals surface area contributed by atoms with Crippen molar-refractivity contribution in [2.75, 3.05) is 24.3 Å². The van der Waals surface area contributed by atoms with E-state index in [1.165, 1.54) is 0 Å². The standard InChI is InChI=1S/C10H12Cl2N2O/c11-7-3-9(13)10(4-8(7)12)14-6-1-2-15-5-6/h3-4,6,14H,1-2,5,13H2. The average Bonchev–Trinajstić information content (AvgIpc) is 2.67. The lowest BCUT2D eigenvalue weighted by Crippen LogP contribution is -2.19. The summed E-state index contributed by atoms with van der Waals surface area (Å²) in [5, 5.41) is 4.27. The first-order valence-corrected chi connectivity index (χ1v) is 5.51. The van der Waals surface area contributed by atoms with Crippen LogP contribution in [0, 0.1) is 0 Å². The second-order valence-electron chi connectivity index (χ2n) is 3.56. The van der Waals surface area contributed by atoms with Crippen LogP contribution in [0.2, 0.25) is 10.0 Å². The quantitative estimate of drug-likeness (QED) is 0.790. The molecule has 0 aliphatic carbocycles. The number of nitrogen functional groups attached to an aromatic ring is 1. The molecular formula is C10H12Cl2N2O. The van der Waals surface area contributed by atoms with Crippen molar-refractivity contribution in [2.45, 2.75) is 12.5 Å². The fraction of sp³-hybridized carbons (Fsp3) is 0.400. The third-order valence-corrected chi connectivity index (χ3v) is 3.10. The van der Waals surface area contributed by atoms with E-state index in [2.05, 4.69) is 5.32 Å². The van der Waals surface area contributed by atoms with E-state index in [-0.39, 0.29) is 0 Å². The molecular weight excluding hydrogens is 235 g/mol. The number of nitrogens with one attached hydrogen (secondary N) is 1. The van der Waals surface area contributed by atoms with Crippen LogP contribution in [-0.2, 0) is 4.74 Å². The highest BCUT2D eigenvalue weighted by Gasteiger charge is 2.16. The maximum Gasteiger partial charge on any atom is 0.0668 e. The molecule has 1 atom stereocenters. The van der Waals surface area contributed by atoms with E-state index in [1.54, 1.807) is 12.1 Å². The Morgan fingerprint density at radius 1 is 1.33 bits per heavy atom. The molecule has 3 N–H and O–H groups in total. The molecule has 0 aromatic heterocycles. The second-order valence-corrected chi connectivity index (χ2v) is 4.37. The average molecular weight is 247 g/mol. The summed E-state index contributed by atoms with van der Waals surface area (Å²) < 4.78 is 5.26. The summed E-state index contributed by atoms with van der Waals surface area (Å²) in [4.78, 5) is 0. The maximum atomic E-state index is 5.91. The topological polar surface area (TPSA) is 47.3 Å². The van der Waals surface area contributed by atoms with Crippen LogP contribution in [0.3, 0.4) is 0 Å². The maximum absolute atomic E-state index is 5.91. The van der Waals surface area contributed by atoms with Gasteiger partial charge in [0, 0.05) is 6.61 Å². The summed E-state index contributed by atoms with van der Waals surface area (Å²) in [6, 6.07) is 3.71. The molecule has 15 heavy (non-hydrogen) atoms. The van der Waals surface area contributed by atoms with Crippen molar-refractivity contribution in [3.63, 3.8) is 0 Å². The summed E-state index contributed by atoms with van der Waals surface area (Å²) >= 11 is 11.8. The van der Waals surface area contributed by atoms with Crippen molar-refractivity contribution in [2.24, 2.45) is 0 Å². The zero-order valence-corrected chi connectivity index (χ0v) is 9.61. The number of benzene rings is 1. The molecule has 1 saturated heterocycles. The molecule has 1 heterocycles. The van der Waals surface area contributed by atoms with Crippen molar-refractivity contribution in [1.29, 1.82) is 0 Å². The minimum atomic E-state index is 0.310. The number of nitrogens with two attached hydrogens (primary N) is 1. The molecule has 1 aromatic carbocycles. The van der Waals surface area contributed by atoms with E-state index in [1.807, 2.05) is 0 Å². The van der Waals surface area contributed by atoms with Gasteiger partial charge in [0.05, 0.1) is 34.1 Å². The Balaban J connectivity index is 2.16. The number of hydrogen-bond acceptors (Lipinski definition) is 3. The summed E-state index contributed by atoms with van der Waals surface area (Å²) in [5.74, 6) is 0. The molecule has 1 aliphatic heterocycles. The first kappa shape index (κ1) is 10.9. The summed E-state index contributed by atoms with van der Waals surface area (Å²) in [7, 11) is 0. The van der Waals surface area contributed by atoms with E-state index < -0.39 is 0 Å². The Morgan fingerprint density at radius 3 is 2.73 bits per heavy atom. The van der Waals surface area contributed by atoms with Gasteiger partial charge in [0.15, 0.2) is 0 Å². The minimum Gasteiger partial charge on any atom is -0.397 e. The number of hydrogen-bond donors (Lipinski definition) is 2. The zero-order valence-electron chi connectivity index (χ0n) is 8.09. The van der Waals surface area contributed by atoms with Gasteiger partial charge in [0.2, 0.25) is 0 Å². The molecule has 0 saturated carbocycles. The van der Waals surface area contributed by atoms with Crippen LogP contribution >= 0.6 is 23.2 Å². The Labute approximate surface area is 98.5 Å². The van der Waals surface area contributed by atoms with Gasteiger partial charge in [0.25, 0.3) is 0 Å². The molecule has 0 amide bonds. The van der Waals surface area contributed by atoms with Gasteiger partial charge < -0.3 is 15.8 Å². The summed E-state index contributed by atoms with van der Waals surface area (Å²) in [5.41, 5.74) is 7.25. The molecule has 5 heteroatoms. The normalized spacial score (nSPS) is 20.5. The molecule has 1 unspecified atom stereocenters. The van der Waals surface area contributed by atoms with Crippen molar-refractivity contribution >= 4 is 34.6 Å². The van der Waals surface area contributed by atoms with Crippen LogP contribution in [0.25, 0.3) is 0 Å². The summed E-state index contributed by atoms with van der Waals surface area (Å²) in [6.07, 6.45) is 0.986. The van der Waals surface area contributed by atoms with E-state index in [9.17, 15) is 0 Å². The lowest BCUT2D eigenvalue weighted by molar-refractivity contribution is 0.195. The van der Waals surface area contributed by atoms with Gasteiger partial charge in [-0.3, -0.25) is 0 Å². The van der Waals surface area contributed by atoms with Crippen LogP contribution in [0.1, 0.15) is 6.42 Å².